The molecule has 1 aliphatic carbocycles. The van der Waals surface area contributed by atoms with Gasteiger partial charge >= 0.3 is 0 Å². The van der Waals surface area contributed by atoms with E-state index in [4.69, 9.17) is 0 Å². The number of aryl methyl sites for hydroxylation is 4. The molecule has 0 saturated carbocycles. The molecule has 1 aliphatic heterocycles. The average Bonchev–Trinajstić information content (AvgIpc) is 2.66. The van der Waals surface area contributed by atoms with Crippen molar-refractivity contribution in [1.29, 1.82) is 0 Å². The molecule has 0 N–H and O–H groups in total. The van der Waals surface area contributed by atoms with Gasteiger partial charge in [-0.15, -0.1) is 0 Å². The fraction of sp³-hybridized carbons (Fsp3) is 0.600. The van der Waals surface area contributed by atoms with Crippen molar-refractivity contribution in [1.82, 2.24) is 24.6 Å². The number of fused-ring (bicyclic) bond motifs is 1. The molecule has 0 bridgehead atoms. The Bertz CT molecular complexity index is 849. The Labute approximate surface area is 160 Å². The van der Waals surface area contributed by atoms with E-state index in [1.807, 2.05) is 19.9 Å². The first-order valence-electron chi connectivity index (χ1n) is 9.98. The molecule has 7 heteroatoms. The molecule has 0 radical (unpaired) electrons. The lowest BCUT2D eigenvalue weighted by atomic mass is 9.97. The van der Waals surface area contributed by atoms with Crippen LogP contribution in [0.5, 0.6) is 0 Å². The van der Waals surface area contributed by atoms with Crippen LogP contribution in [0.2, 0.25) is 0 Å². The maximum Gasteiger partial charge on any atom is 0.267 e. The van der Waals surface area contributed by atoms with E-state index in [2.05, 4.69) is 24.9 Å². The van der Waals surface area contributed by atoms with Gasteiger partial charge in [-0.2, -0.15) is 5.10 Å². The molecule has 7 nitrogen and oxygen atoms in total. The molecule has 0 unspecified atom stereocenters. The smallest absolute Gasteiger partial charge is 0.267 e. The number of nitrogens with zero attached hydrogens (tertiary/aromatic N) is 6. The maximum atomic E-state index is 12.3. The van der Waals surface area contributed by atoms with Crippen LogP contribution in [0.1, 0.15) is 35.5 Å². The lowest BCUT2D eigenvalue weighted by Gasteiger charge is -2.34. The highest BCUT2D eigenvalue weighted by molar-refractivity contribution is 5.32. The molecular weight excluding hydrogens is 340 g/mol. The predicted octanol–water partition coefficient (Wildman–Crippen LogP) is 1.35. The summed E-state index contributed by atoms with van der Waals surface area (Å²) in [7, 11) is 0. The van der Waals surface area contributed by atoms with Crippen molar-refractivity contribution >= 4 is 5.95 Å². The van der Waals surface area contributed by atoms with Gasteiger partial charge in [0.2, 0.25) is 5.95 Å². The SMILES string of the molecule is Cc1cc(C)nc(N2CCN(CCn3nc4c(cc3=O)CCCC4)CC2)n1. The molecule has 0 spiro atoms. The molecule has 2 aromatic rings. The topological polar surface area (TPSA) is 67.2 Å². The summed E-state index contributed by atoms with van der Waals surface area (Å²) in [5.74, 6) is 0.833. The van der Waals surface area contributed by atoms with Crippen molar-refractivity contribution < 1.29 is 0 Å². The second kappa shape index (κ2) is 7.76. The van der Waals surface area contributed by atoms with Crippen molar-refractivity contribution in [2.24, 2.45) is 0 Å². The minimum absolute atomic E-state index is 0.0397. The third-order valence-electron chi connectivity index (χ3n) is 5.53. The standard InChI is InChI=1S/C20H28N6O/c1-15-13-16(2)22-20(21-15)25-10-7-24(8-11-25)9-12-26-19(27)14-17-5-3-4-6-18(17)23-26/h13-14H,3-12H2,1-2H3. The minimum atomic E-state index is 0.0397. The molecular formula is C20H28N6O. The van der Waals surface area contributed by atoms with Crippen LogP contribution >= 0.6 is 0 Å². The van der Waals surface area contributed by atoms with E-state index in [-0.39, 0.29) is 5.56 Å². The van der Waals surface area contributed by atoms with Crippen LogP contribution in [0.15, 0.2) is 16.9 Å². The van der Waals surface area contributed by atoms with Gasteiger partial charge in [0.15, 0.2) is 0 Å². The highest BCUT2D eigenvalue weighted by Crippen LogP contribution is 2.17. The lowest BCUT2D eigenvalue weighted by molar-refractivity contribution is 0.241. The van der Waals surface area contributed by atoms with Crippen molar-refractivity contribution in [3.8, 4) is 0 Å². The van der Waals surface area contributed by atoms with Gasteiger partial charge in [-0.05, 0) is 51.2 Å². The quantitative estimate of drug-likeness (QED) is 0.812. The molecule has 4 rings (SSSR count). The molecule has 2 aromatic heterocycles. The van der Waals surface area contributed by atoms with E-state index in [9.17, 15) is 4.79 Å². The molecule has 0 amide bonds. The zero-order valence-corrected chi connectivity index (χ0v) is 16.3. The fourth-order valence-electron chi connectivity index (χ4n) is 4.02. The second-order valence-electron chi connectivity index (χ2n) is 7.66. The molecule has 144 valence electrons. The minimum Gasteiger partial charge on any atom is -0.338 e. The Morgan fingerprint density at radius 3 is 2.37 bits per heavy atom. The van der Waals surface area contributed by atoms with Gasteiger partial charge < -0.3 is 4.90 Å². The molecule has 3 heterocycles. The van der Waals surface area contributed by atoms with Gasteiger partial charge in [0, 0.05) is 50.2 Å². The van der Waals surface area contributed by atoms with Gasteiger partial charge in [-0.25, -0.2) is 14.6 Å². The lowest BCUT2D eigenvalue weighted by Crippen LogP contribution is -2.48. The number of piperazine rings is 1. The van der Waals surface area contributed by atoms with Gasteiger partial charge in [0.1, 0.15) is 0 Å². The summed E-state index contributed by atoms with van der Waals surface area (Å²) in [6.45, 7) is 9.27. The average molecular weight is 368 g/mol. The Balaban J connectivity index is 1.34. The van der Waals surface area contributed by atoms with E-state index < -0.39 is 0 Å². The van der Waals surface area contributed by atoms with E-state index in [1.165, 1.54) is 12.8 Å². The van der Waals surface area contributed by atoms with E-state index in [1.54, 1.807) is 10.7 Å². The van der Waals surface area contributed by atoms with Crippen molar-refractivity contribution in [3.05, 3.63) is 45.1 Å². The zero-order valence-electron chi connectivity index (χ0n) is 16.3. The Kier molecular flexibility index (Phi) is 5.20. The summed E-state index contributed by atoms with van der Waals surface area (Å²) in [4.78, 5) is 26.1. The number of hydrogen-bond acceptors (Lipinski definition) is 6. The number of hydrogen-bond donors (Lipinski definition) is 0. The van der Waals surface area contributed by atoms with Crippen molar-refractivity contribution in [2.45, 2.75) is 46.1 Å². The Morgan fingerprint density at radius 2 is 1.63 bits per heavy atom. The monoisotopic (exact) mass is 368 g/mol. The van der Waals surface area contributed by atoms with Crippen molar-refractivity contribution in [2.75, 3.05) is 37.6 Å². The summed E-state index contributed by atoms with van der Waals surface area (Å²) in [6.07, 6.45) is 4.36. The number of anilines is 1. The number of aromatic nitrogens is 4. The van der Waals surface area contributed by atoms with Crippen LogP contribution in [0, 0.1) is 13.8 Å². The summed E-state index contributed by atoms with van der Waals surface area (Å²) >= 11 is 0. The first kappa shape index (κ1) is 18.1. The maximum absolute atomic E-state index is 12.3. The van der Waals surface area contributed by atoms with E-state index >= 15 is 0 Å². The zero-order chi connectivity index (χ0) is 18.8. The van der Waals surface area contributed by atoms with Crippen LogP contribution in [-0.2, 0) is 19.4 Å². The third kappa shape index (κ3) is 4.18. The number of rotatable bonds is 4. The van der Waals surface area contributed by atoms with Gasteiger partial charge in [0.05, 0.1) is 12.2 Å². The molecule has 0 aromatic carbocycles. The molecule has 0 atom stereocenters. The second-order valence-corrected chi connectivity index (χ2v) is 7.66. The molecule has 1 fully saturated rings. The summed E-state index contributed by atoms with van der Waals surface area (Å²) in [6, 6.07) is 3.81. The molecule has 27 heavy (non-hydrogen) atoms. The predicted molar refractivity (Wildman–Crippen MR) is 105 cm³/mol. The Hall–Kier alpha value is -2.28. The van der Waals surface area contributed by atoms with Crippen LogP contribution < -0.4 is 10.5 Å². The first-order chi connectivity index (χ1) is 13.1. The van der Waals surface area contributed by atoms with Crippen LogP contribution in [0.25, 0.3) is 0 Å². The first-order valence-corrected chi connectivity index (χ1v) is 9.98. The van der Waals surface area contributed by atoms with Crippen LogP contribution in [0.4, 0.5) is 5.95 Å². The van der Waals surface area contributed by atoms with Crippen LogP contribution in [0.3, 0.4) is 0 Å². The molecule has 2 aliphatic rings. The normalized spacial score (nSPS) is 17.8. The molecule has 1 saturated heterocycles. The van der Waals surface area contributed by atoms with Crippen LogP contribution in [-0.4, -0.2) is 57.4 Å². The summed E-state index contributed by atoms with van der Waals surface area (Å²) < 4.78 is 1.66. The Morgan fingerprint density at radius 1 is 0.926 bits per heavy atom. The highest BCUT2D eigenvalue weighted by Gasteiger charge is 2.20. The fourth-order valence-corrected chi connectivity index (χ4v) is 4.02. The highest BCUT2D eigenvalue weighted by atomic mass is 16.1. The largest absolute Gasteiger partial charge is 0.338 e. The summed E-state index contributed by atoms with van der Waals surface area (Å²) in [5.41, 5.74) is 4.34. The van der Waals surface area contributed by atoms with Gasteiger partial charge in [-0.3, -0.25) is 9.69 Å². The van der Waals surface area contributed by atoms with Gasteiger partial charge in [-0.1, -0.05) is 0 Å². The van der Waals surface area contributed by atoms with E-state index in [0.29, 0.717) is 6.54 Å². The van der Waals surface area contributed by atoms with E-state index in [0.717, 1.165) is 74.2 Å². The van der Waals surface area contributed by atoms with Crippen molar-refractivity contribution in [3.63, 3.8) is 0 Å². The third-order valence-corrected chi connectivity index (χ3v) is 5.53. The van der Waals surface area contributed by atoms with Gasteiger partial charge in [0.25, 0.3) is 5.56 Å². The summed E-state index contributed by atoms with van der Waals surface area (Å²) in [5, 5.41) is 4.63.